The Morgan fingerprint density at radius 3 is 2.35 bits per heavy atom. The predicted octanol–water partition coefficient (Wildman–Crippen LogP) is 1.72. The first-order chi connectivity index (χ1) is 9.15. The van der Waals surface area contributed by atoms with Crippen molar-refractivity contribution in [2.45, 2.75) is 44.3 Å². The number of rotatable bonds is 5. The fraction of sp³-hybridized carbons (Fsp3) is 0.833. The summed E-state index contributed by atoms with van der Waals surface area (Å²) in [6.45, 7) is -0.346. The van der Waals surface area contributed by atoms with Crippen molar-refractivity contribution >= 4 is 11.9 Å². The summed E-state index contributed by atoms with van der Waals surface area (Å²) in [6.07, 6.45) is -2.67. The molecule has 1 fully saturated rings. The fourth-order valence-electron chi connectivity index (χ4n) is 2.21. The Labute approximate surface area is 114 Å². The van der Waals surface area contributed by atoms with E-state index in [4.69, 9.17) is 0 Å². The van der Waals surface area contributed by atoms with Crippen molar-refractivity contribution in [1.29, 1.82) is 0 Å². The summed E-state index contributed by atoms with van der Waals surface area (Å²) in [4.78, 5) is 22.8. The number of hydrogen-bond donors (Lipinski definition) is 2. The third-order valence-corrected chi connectivity index (χ3v) is 3.41. The van der Waals surface area contributed by atoms with Crippen LogP contribution in [0.1, 0.15) is 32.6 Å². The Kier molecular flexibility index (Phi) is 5.38. The molecule has 0 unspecified atom stereocenters. The van der Waals surface area contributed by atoms with Crippen LogP contribution in [0.15, 0.2) is 0 Å². The van der Waals surface area contributed by atoms with Crippen LogP contribution in [0.4, 0.5) is 13.2 Å². The van der Waals surface area contributed by atoms with Gasteiger partial charge in [0, 0.05) is 0 Å². The van der Waals surface area contributed by atoms with Crippen molar-refractivity contribution in [1.82, 2.24) is 5.32 Å². The Morgan fingerprint density at radius 1 is 1.35 bits per heavy atom. The van der Waals surface area contributed by atoms with E-state index in [2.05, 4.69) is 10.1 Å². The minimum Gasteiger partial charge on any atom is -0.480 e. The van der Waals surface area contributed by atoms with Crippen LogP contribution in [0.3, 0.4) is 0 Å². The third-order valence-electron chi connectivity index (χ3n) is 3.41. The molecule has 1 amide bonds. The highest BCUT2D eigenvalue weighted by Gasteiger charge is 2.42. The van der Waals surface area contributed by atoms with Crippen LogP contribution >= 0.6 is 0 Å². The summed E-state index contributed by atoms with van der Waals surface area (Å²) in [7, 11) is 0. The second kappa shape index (κ2) is 6.43. The molecule has 0 spiro atoms. The zero-order valence-corrected chi connectivity index (χ0v) is 11.1. The lowest BCUT2D eigenvalue weighted by Gasteiger charge is -2.36. The Morgan fingerprint density at radius 2 is 1.90 bits per heavy atom. The Balaban J connectivity index is 2.50. The van der Waals surface area contributed by atoms with E-state index >= 15 is 0 Å². The minimum absolute atomic E-state index is 0.272. The summed E-state index contributed by atoms with van der Waals surface area (Å²) < 4.78 is 39.8. The summed E-state index contributed by atoms with van der Waals surface area (Å²) in [5.41, 5.74) is -1.38. The molecule has 0 aromatic heterocycles. The van der Waals surface area contributed by atoms with Gasteiger partial charge in [-0.05, 0) is 31.6 Å². The van der Waals surface area contributed by atoms with Gasteiger partial charge in [0.1, 0.15) is 18.8 Å². The number of nitrogens with one attached hydrogen (secondary N) is 1. The number of amides is 1. The van der Waals surface area contributed by atoms with Crippen LogP contribution in [0, 0.1) is 5.92 Å². The average Bonchev–Trinajstić information content (AvgIpc) is 2.30. The van der Waals surface area contributed by atoms with Gasteiger partial charge in [-0.15, -0.1) is 0 Å². The highest BCUT2D eigenvalue weighted by Crippen LogP contribution is 2.32. The lowest BCUT2D eigenvalue weighted by Crippen LogP contribution is -2.57. The molecule has 116 valence electrons. The van der Waals surface area contributed by atoms with Gasteiger partial charge in [0.25, 0.3) is 0 Å². The summed E-state index contributed by atoms with van der Waals surface area (Å²) in [5, 5.41) is 11.6. The molecule has 0 aromatic carbocycles. The third kappa shape index (κ3) is 4.99. The van der Waals surface area contributed by atoms with E-state index in [1.54, 1.807) is 0 Å². The first-order valence-corrected chi connectivity index (χ1v) is 6.33. The number of ether oxygens (including phenoxy) is 1. The fourth-order valence-corrected chi connectivity index (χ4v) is 2.21. The molecule has 2 N–H and O–H groups in total. The Hall–Kier alpha value is -1.31. The van der Waals surface area contributed by atoms with Crippen molar-refractivity contribution in [3.63, 3.8) is 0 Å². The van der Waals surface area contributed by atoms with Crippen LogP contribution in [-0.2, 0) is 14.3 Å². The van der Waals surface area contributed by atoms with Gasteiger partial charge < -0.3 is 15.2 Å². The van der Waals surface area contributed by atoms with Crippen LogP contribution < -0.4 is 5.32 Å². The molecule has 20 heavy (non-hydrogen) atoms. The van der Waals surface area contributed by atoms with Crippen molar-refractivity contribution in [2.24, 2.45) is 5.92 Å². The van der Waals surface area contributed by atoms with Crippen molar-refractivity contribution in [3.8, 4) is 0 Å². The van der Waals surface area contributed by atoms with Gasteiger partial charge in [0.15, 0.2) is 0 Å². The van der Waals surface area contributed by atoms with E-state index in [-0.39, 0.29) is 12.8 Å². The molecule has 0 bridgehead atoms. The largest absolute Gasteiger partial charge is 0.480 e. The first kappa shape index (κ1) is 16.7. The highest BCUT2D eigenvalue weighted by atomic mass is 19.4. The molecule has 5 nitrogen and oxygen atoms in total. The van der Waals surface area contributed by atoms with Gasteiger partial charge in [-0.25, -0.2) is 4.79 Å². The maximum Gasteiger partial charge on any atom is 0.411 e. The number of carbonyl (C=O) groups is 2. The molecular formula is C12H18F3NO4. The molecule has 0 aliphatic heterocycles. The first-order valence-electron chi connectivity index (χ1n) is 6.33. The normalized spacial score (nSPS) is 27.1. The van der Waals surface area contributed by atoms with E-state index in [9.17, 15) is 27.9 Å². The quantitative estimate of drug-likeness (QED) is 0.810. The van der Waals surface area contributed by atoms with Crippen LogP contribution in [-0.4, -0.2) is 41.9 Å². The van der Waals surface area contributed by atoms with E-state index in [1.807, 2.05) is 6.92 Å². The SMILES string of the molecule is CC1CCC(NC(=O)COCC(F)(F)F)(C(=O)O)CC1. The molecule has 0 heterocycles. The molecule has 0 aromatic rings. The van der Waals surface area contributed by atoms with Crippen molar-refractivity contribution < 1.29 is 32.6 Å². The number of carbonyl (C=O) groups excluding carboxylic acids is 1. The molecule has 0 saturated heterocycles. The second-order valence-electron chi connectivity index (χ2n) is 5.23. The number of carboxylic acids is 1. The molecule has 0 atom stereocenters. The van der Waals surface area contributed by atoms with E-state index < -0.39 is 36.8 Å². The molecule has 1 rings (SSSR count). The highest BCUT2D eigenvalue weighted by molar-refractivity contribution is 5.87. The summed E-state index contributed by atoms with van der Waals surface area (Å²) >= 11 is 0. The van der Waals surface area contributed by atoms with Crippen LogP contribution in [0.25, 0.3) is 0 Å². The van der Waals surface area contributed by atoms with Gasteiger partial charge in [0.2, 0.25) is 5.91 Å². The monoisotopic (exact) mass is 297 g/mol. The van der Waals surface area contributed by atoms with Gasteiger partial charge in [-0.1, -0.05) is 6.92 Å². The zero-order chi connectivity index (χ0) is 15.4. The molecule has 1 saturated carbocycles. The number of aliphatic carboxylic acids is 1. The Bertz CT molecular complexity index is 362. The molecule has 1 aliphatic carbocycles. The van der Waals surface area contributed by atoms with Gasteiger partial charge in [-0.3, -0.25) is 4.79 Å². The number of halogens is 3. The molecule has 0 radical (unpaired) electrons. The standard InChI is InChI=1S/C12H18F3NO4/c1-8-2-4-11(5-3-8,10(18)19)16-9(17)6-20-7-12(13,14)15/h8H,2-7H2,1H3,(H,16,17)(H,18,19). The van der Waals surface area contributed by atoms with E-state index in [0.29, 0.717) is 18.8 Å². The molecule has 8 heteroatoms. The van der Waals surface area contributed by atoms with Crippen molar-refractivity contribution in [3.05, 3.63) is 0 Å². The molecule has 1 aliphatic rings. The smallest absolute Gasteiger partial charge is 0.411 e. The molecular weight excluding hydrogens is 279 g/mol. The summed E-state index contributed by atoms with van der Waals surface area (Å²) in [5.74, 6) is -1.62. The van der Waals surface area contributed by atoms with Crippen molar-refractivity contribution in [2.75, 3.05) is 13.2 Å². The number of hydrogen-bond acceptors (Lipinski definition) is 3. The number of carboxylic acid groups (broad SMARTS) is 1. The topological polar surface area (TPSA) is 75.6 Å². The maximum absolute atomic E-state index is 11.9. The average molecular weight is 297 g/mol. The lowest BCUT2D eigenvalue weighted by atomic mass is 9.77. The summed E-state index contributed by atoms with van der Waals surface area (Å²) in [6, 6.07) is 0. The van der Waals surface area contributed by atoms with E-state index in [1.165, 1.54) is 0 Å². The van der Waals surface area contributed by atoms with Crippen LogP contribution in [0.2, 0.25) is 0 Å². The van der Waals surface area contributed by atoms with E-state index in [0.717, 1.165) is 0 Å². The number of alkyl halides is 3. The lowest BCUT2D eigenvalue weighted by molar-refractivity contribution is -0.176. The minimum atomic E-state index is -4.51. The zero-order valence-electron chi connectivity index (χ0n) is 11.1. The van der Waals surface area contributed by atoms with Gasteiger partial charge in [-0.2, -0.15) is 13.2 Å². The van der Waals surface area contributed by atoms with Gasteiger partial charge >= 0.3 is 12.1 Å². The van der Waals surface area contributed by atoms with Crippen LogP contribution in [0.5, 0.6) is 0 Å². The van der Waals surface area contributed by atoms with Gasteiger partial charge in [0.05, 0.1) is 0 Å². The maximum atomic E-state index is 11.9. The predicted molar refractivity (Wildman–Crippen MR) is 63.0 cm³/mol. The second-order valence-corrected chi connectivity index (χ2v) is 5.23.